The molecular formula is C21H24N2O4. The highest BCUT2D eigenvalue weighted by Gasteiger charge is 2.14. The van der Waals surface area contributed by atoms with Gasteiger partial charge in [-0.2, -0.15) is 0 Å². The van der Waals surface area contributed by atoms with E-state index in [1.165, 1.54) is 0 Å². The third kappa shape index (κ3) is 5.00. The average molecular weight is 368 g/mol. The maximum absolute atomic E-state index is 12.4. The van der Waals surface area contributed by atoms with Crippen LogP contribution in [0.2, 0.25) is 0 Å². The molecular weight excluding hydrogens is 344 g/mol. The van der Waals surface area contributed by atoms with E-state index in [0.717, 1.165) is 19.3 Å². The molecule has 0 fully saturated rings. The average Bonchev–Trinajstić information content (AvgIpc) is 2.71. The van der Waals surface area contributed by atoms with Crippen LogP contribution in [-0.2, 0) is 0 Å². The minimum absolute atomic E-state index is 0.120. The number of hydrogen-bond acceptors (Lipinski definition) is 4. The number of ether oxygens (including phenoxy) is 2. The number of hydrogen-bond donors (Lipinski definition) is 2. The molecule has 0 spiro atoms. The van der Waals surface area contributed by atoms with E-state index in [2.05, 4.69) is 17.6 Å². The van der Waals surface area contributed by atoms with E-state index >= 15 is 0 Å². The maximum atomic E-state index is 12.4. The summed E-state index contributed by atoms with van der Waals surface area (Å²) < 4.78 is 11.0. The number of amides is 2. The molecule has 2 aromatic rings. The van der Waals surface area contributed by atoms with Gasteiger partial charge in [0.1, 0.15) is 13.2 Å². The van der Waals surface area contributed by atoms with Crippen LogP contribution in [0.1, 0.15) is 46.9 Å². The zero-order valence-corrected chi connectivity index (χ0v) is 15.4. The molecule has 1 aliphatic heterocycles. The van der Waals surface area contributed by atoms with E-state index in [-0.39, 0.29) is 11.8 Å². The molecule has 0 bridgehead atoms. The molecule has 6 heteroatoms. The number of rotatable bonds is 7. The van der Waals surface area contributed by atoms with Crippen LogP contribution in [0.25, 0.3) is 0 Å². The number of fused-ring (bicyclic) bond motifs is 1. The maximum Gasteiger partial charge on any atom is 0.255 e. The highest BCUT2D eigenvalue weighted by atomic mass is 16.6. The van der Waals surface area contributed by atoms with Crippen LogP contribution in [-0.4, -0.2) is 31.6 Å². The summed E-state index contributed by atoms with van der Waals surface area (Å²) >= 11 is 0. The predicted octanol–water partition coefficient (Wildman–Crippen LogP) is 3.63. The fourth-order valence-electron chi connectivity index (χ4n) is 2.78. The lowest BCUT2D eigenvalue weighted by Gasteiger charge is -2.19. The van der Waals surface area contributed by atoms with E-state index in [9.17, 15) is 9.59 Å². The molecule has 0 saturated heterocycles. The van der Waals surface area contributed by atoms with Crippen molar-refractivity contribution in [2.45, 2.75) is 26.2 Å². The second-order valence-corrected chi connectivity index (χ2v) is 6.35. The summed E-state index contributed by atoms with van der Waals surface area (Å²) in [5.41, 5.74) is 1.65. The molecule has 27 heavy (non-hydrogen) atoms. The van der Waals surface area contributed by atoms with Crippen LogP contribution in [0, 0.1) is 0 Å². The van der Waals surface area contributed by atoms with Crippen molar-refractivity contribution in [2.24, 2.45) is 0 Å². The fraction of sp³-hybridized carbons (Fsp3) is 0.333. The van der Waals surface area contributed by atoms with Crippen molar-refractivity contribution < 1.29 is 19.1 Å². The Kier molecular flexibility index (Phi) is 6.30. The van der Waals surface area contributed by atoms with E-state index in [0.29, 0.717) is 48.1 Å². The molecule has 0 radical (unpaired) electrons. The van der Waals surface area contributed by atoms with Gasteiger partial charge in [-0.1, -0.05) is 19.8 Å². The van der Waals surface area contributed by atoms with Crippen molar-refractivity contribution in [2.75, 3.05) is 25.1 Å². The van der Waals surface area contributed by atoms with Crippen LogP contribution in [0.4, 0.5) is 5.69 Å². The Hall–Kier alpha value is -3.02. The Bertz CT molecular complexity index is 802. The van der Waals surface area contributed by atoms with Gasteiger partial charge in [-0.25, -0.2) is 0 Å². The minimum atomic E-state index is -0.249. The van der Waals surface area contributed by atoms with Gasteiger partial charge in [0.15, 0.2) is 11.5 Å². The summed E-state index contributed by atoms with van der Waals surface area (Å²) in [6, 6.07) is 11.9. The third-order valence-corrected chi connectivity index (χ3v) is 4.28. The predicted molar refractivity (Wildman–Crippen MR) is 104 cm³/mol. The van der Waals surface area contributed by atoms with E-state index in [1.54, 1.807) is 42.5 Å². The molecule has 142 valence electrons. The van der Waals surface area contributed by atoms with Crippen molar-refractivity contribution in [3.63, 3.8) is 0 Å². The van der Waals surface area contributed by atoms with Gasteiger partial charge >= 0.3 is 0 Å². The van der Waals surface area contributed by atoms with Crippen LogP contribution in [0.5, 0.6) is 11.5 Å². The Morgan fingerprint density at radius 2 is 1.56 bits per heavy atom. The monoisotopic (exact) mass is 368 g/mol. The molecule has 0 aliphatic carbocycles. The zero-order chi connectivity index (χ0) is 19.1. The first-order valence-corrected chi connectivity index (χ1v) is 9.26. The number of carbonyl (C=O) groups is 2. The molecule has 2 amide bonds. The van der Waals surface area contributed by atoms with Crippen molar-refractivity contribution >= 4 is 17.5 Å². The second-order valence-electron chi connectivity index (χ2n) is 6.35. The lowest BCUT2D eigenvalue weighted by molar-refractivity contribution is 0.0951. The van der Waals surface area contributed by atoms with Gasteiger partial charge < -0.3 is 20.1 Å². The molecule has 2 N–H and O–H groups in total. The first-order valence-electron chi connectivity index (χ1n) is 9.26. The number of unbranched alkanes of at least 4 members (excludes halogenated alkanes) is 2. The van der Waals surface area contributed by atoms with Gasteiger partial charge in [-0.15, -0.1) is 0 Å². The van der Waals surface area contributed by atoms with E-state index in [1.807, 2.05) is 0 Å². The second kappa shape index (κ2) is 9.07. The standard InChI is InChI=1S/C21H24N2O4/c1-2-3-4-11-22-20(24)15-5-7-16(8-6-15)21(25)23-17-9-10-18-19(14-17)27-13-12-26-18/h5-10,14H,2-4,11-13H2,1H3,(H,22,24)(H,23,25). The van der Waals surface area contributed by atoms with Crippen LogP contribution in [0.3, 0.4) is 0 Å². The fourth-order valence-corrected chi connectivity index (χ4v) is 2.78. The first kappa shape index (κ1) is 18.8. The van der Waals surface area contributed by atoms with Gasteiger partial charge in [0.2, 0.25) is 0 Å². The Morgan fingerprint density at radius 3 is 2.26 bits per heavy atom. The smallest absolute Gasteiger partial charge is 0.255 e. The van der Waals surface area contributed by atoms with Gasteiger partial charge in [0, 0.05) is 29.4 Å². The molecule has 3 rings (SSSR count). The lowest BCUT2D eigenvalue weighted by Crippen LogP contribution is -2.24. The SMILES string of the molecule is CCCCCNC(=O)c1ccc(C(=O)Nc2ccc3c(c2)OCCO3)cc1. The van der Waals surface area contributed by atoms with Crippen molar-refractivity contribution in [3.05, 3.63) is 53.6 Å². The highest BCUT2D eigenvalue weighted by molar-refractivity contribution is 6.05. The Balaban J connectivity index is 1.58. The van der Waals surface area contributed by atoms with Gasteiger partial charge in [0.25, 0.3) is 11.8 Å². The number of benzene rings is 2. The van der Waals surface area contributed by atoms with Gasteiger partial charge in [-0.05, 0) is 42.8 Å². The summed E-state index contributed by atoms with van der Waals surface area (Å²) in [6.45, 7) is 3.80. The number of nitrogens with one attached hydrogen (secondary N) is 2. The molecule has 1 heterocycles. The summed E-state index contributed by atoms with van der Waals surface area (Å²) in [5, 5.41) is 5.72. The molecule has 1 aliphatic rings. The zero-order valence-electron chi connectivity index (χ0n) is 15.4. The molecule has 0 saturated carbocycles. The molecule has 2 aromatic carbocycles. The summed E-state index contributed by atoms with van der Waals surface area (Å²) in [6.07, 6.45) is 3.18. The summed E-state index contributed by atoms with van der Waals surface area (Å²) in [5.74, 6) is 0.925. The first-order chi connectivity index (χ1) is 13.2. The molecule has 0 aromatic heterocycles. The molecule has 0 atom stereocenters. The van der Waals surface area contributed by atoms with Crippen molar-refractivity contribution in [1.82, 2.24) is 5.32 Å². The highest BCUT2D eigenvalue weighted by Crippen LogP contribution is 2.32. The van der Waals surface area contributed by atoms with Crippen LogP contribution >= 0.6 is 0 Å². The Morgan fingerprint density at radius 1 is 0.889 bits per heavy atom. The van der Waals surface area contributed by atoms with E-state index < -0.39 is 0 Å². The molecule has 0 unspecified atom stereocenters. The normalized spacial score (nSPS) is 12.3. The summed E-state index contributed by atoms with van der Waals surface area (Å²) in [7, 11) is 0. The summed E-state index contributed by atoms with van der Waals surface area (Å²) in [4.78, 5) is 24.5. The van der Waals surface area contributed by atoms with Crippen molar-refractivity contribution in [3.8, 4) is 11.5 Å². The van der Waals surface area contributed by atoms with Gasteiger partial charge in [-0.3, -0.25) is 9.59 Å². The quantitative estimate of drug-likeness (QED) is 0.732. The largest absolute Gasteiger partial charge is 0.486 e. The molecule has 6 nitrogen and oxygen atoms in total. The van der Waals surface area contributed by atoms with Crippen molar-refractivity contribution in [1.29, 1.82) is 0 Å². The van der Waals surface area contributed by atoms with E-state index in [4.69, 9.17) is 9.47 Å². The van der Waals surface area contributed by atoms with Crippen LogP contribution in [0.15, 0.2) is 42.5 Å². The Labute approximate surface area is 158 Å². The van der Waals surface area contributed by atoms with Gasteiger partial charge in [0.05, 0.1) is 0 Å². The minimum Gasteiger partial charge on any atom is -0.486 e. The third-order valence-electron chi connectivity index (χ3n) is 4.28. The van der Waals surface area contributed by atoms with Crippen LogP contribution < -0.4 is 20.1 Å². The number of carbonyl (C=O) groups excluding carboxylic acids is 2. The number of anilines is 1. The lowest BCUT2D eigenvalue weighted by atomic mass is 10.1. The topological polar surface area (TPSA) is 76.7 Å².